The van der Waals surface area contributed by atoms with Crippen LogP contribution >= 0.6 is 0 Å². The third kappa shape index (κ3) is 4.57. The van der Waals surface area contributed by atoms with E-state index in [0.717, 1.165) is 46.6 Å². The van der Waals surface area contributed by atoms with Crippen molar-refractivity contribution >= 4 is 5.91 Å². The van der Waals surface area contributed by atoms with Crippen LogP contribution in [0.3, 0.4) is 0 Å². The van der Waals surface area contributed by atoms with Crippen LogP contribution in [0.4, 0.5) is 0 Å². The molecule has 0 spiro atoms. The molecule has 0 radical (unpaired) electrons. The molecule has 3 heterocycles. The van der Waals surface area contributed by atoms with Crippen LogP contribution in [0.15, 0.2) is 79.8 Å². The van der Waals surface area contributed by atoms with Gasteiger partial charge in [-0.1, -0.05) is 43.0 Å². The van der Waals surface area contributed by atoms with E-state index in [0.29, 0.717) is 18.8 Å². The number of aromatic nitrogens is 5. The second-order valence-corrected chi connectivity index (χ2v) is 8.10. The number of fused-ring (bicyclic) bond motifs is 1. The van der Waals surface area contributed by atoms with Gasteiger partial charge in [-0.2, -0.15) is 5.10 Å². The van der Waals surface area contributed by atoms with E-state index in [1.165, 1.54) is 6.08 Å². The van der Waals surface area contributed by atoms with E-state index in [1.54, 1.807) is 6.20 Å². The molecule has 1 aromatic carbocycles. The molecule has 5 rings (SSSR count). The summed E-state index contributed by atoms with van der Waals surface area (Å²) in [4.78, 5) is 25.9. The highest BCUT2D eigenvalue weighted by Crippen LogP contribution is 2.31. The van der Waals surface area contributed by atoms with Crippen LogP contribution in [0, 0.1) is 0 Å². The van der Waals surface area contributed by atoms with Gasteiger partial charge in [0.2, 0.25) is 5.91 Å². The largest absolute Gasteiger partial charge is 0.349 e. The van der Waals surface area contributed by atoms with Crippen molar-refractivity contribution in [1.82, 2.24) is 30.0 Å². The first-order chi connectivity index (χ1) is 16.2. The minimum Gasteiger partial charge on any atom is -0.349 e. The molecule has 33 heavy (non-hydrogen) atoms. The van der Waals surface area contributed by atoms with Crippen molar-refractivity contribution in [3.8, 4) is 22.8 Å². The molecule has 1 aliphatic rings. The van der Waals surface area contributed by atoms with Crippen molar-refractivity contribution in [3.63, 3.8) is 0 Å². The predicted molar refractivity (Wildman–Crippen MR) is 126 cm³/mol. The van der Waals surface area contributed by atoms with Gasteiger partial charge in [0.25, 0.3) is 0 Å². The maximum Gasteiger partial charge on any atom is 0.243 e. The average Bonchev–Trinajstić information content (AvgIpc) is 3.32. The molecule has 4 aromatic rings. The number of benzene rings is 1. The minimum atomic E-state index is -0.157. The molecule has 3 aromatic heterocycles. The van der Waals surface area contributed by atoms with Crippen LogP contribution < -0.4 is 5.32 Å². The highest BCUT2D eigenvalue weighted by Gasteiger charge is 2.26. The fourth-order valence-electron chi connectivity index (χ4n) is 4.18. The molecular formula is C26H24N6O. The summed E-state index contributed by atoms with van der Waals surface area (Å²) in [5, 5.41) is 7.83. The standard InChI is InChI=1S/C26H24N6O/c1-2-24(33)28-20-10-11-21-23(15-20)29-26(19-8-4-3-5-9-19)30-25(21)22-12-14-32(31-22)17-18-7-6-13-27-16-18/h2-9,12-14,16,20H,1,10-11,15,17H2,(H,28,33). The lowest BCUT2D eigenvalue weighted by atomic mass is 9.89. The first-order valence-corrected chi connectivity index (χ1v) is 11.0. The normalized spacial score (nSPS) is 15.0. The Morgan fingerprint density at radius 1 is 1.15 bits per heavy atom. The Hall–Kier alpha value is -4.13. The third-order valence-corrected chi connectivity index (χ3v) is 5.79. The molecule has 1 unspecified atom stereocenters. The fourth-order valence-corrected chi connectivity index (χ4v) is 4.18. The molecule has 0 saturated heterocycles. The number of pyridine rings is 1. The van der Waals surface area contributed by atoms with Gasteiger partial charge in [0.1, 0.15) is 5.69 Å². The minimum absolute atomic E-state index is 0.0255. The van der Waals surface area contributed by atoms with Crippen molar-refractivity contribution < 1.29 is 4.79 Å². The molecule has 0 fully saturated rings. The van der Waals surface area contributed by atoms with Crippen LogP contribution in [0.25, 0.3) is 22.8 Å². The first kappa shape index (κ1) is 20.8. The third-order valence-electron chi connectivity index (χ3n) is 5.79. The van der Waals surface area contributed by atoms with Crippen LogP contribution in [0.2, 0.25) is 0 Å². The maximum atomic E-state index is 11.8. The van der Waals surface area contributed by atoms with Gasteiger partial charge in [-0.15, -0.1) is 0 Å². The Kier molecular flexibility index (Phi) is 5.76. The smallest absolute Gasteiger partial charge is 0.243 e. The van der Waals surface area contributed by atoms with Crippen molar-refractivity contribution in [2.45, 2.75) is 31.8 Å². The van der Waals surface area contributed by atoms with Gasteiger partial charge < -0.3 is 5.32 Å². The van der Waals surface area contributed by atoms with Crippen LogP contribution in [0.5, 0.6) is 0 Å². The fraction of sp³-hybridized carbons (Fsp3) is 0.192. The Morgan fingerprint density at radius 3 is 2.82 bits per heavy atom. The van der Waals surface area contributed by atoms with Gasteiger partial charge in [-0.3, -0.25) is 14.5 Å². The van der Waals surface area contributed by atoms with Crippen LogP contribution in [-0.4, -0.2) is 36.7 Å². The van der Waals surface area contributed by atoms with Crippen LogP contribution in [0.1, 0.15) is 23.2 Å². The quantitative estimate of drug-likeness (QED) is 0.467. The lowest BCUT2D eigenvalue weighted by Crippen LogP contribution is -2.38. The van der Waals surface area contributed by atoms with Crippen molar-refractivity contribution in [2.24, 2.45) is 0 Å². The lowest BCUT2D eigenvalue weighted by Gasteiger charge is -2.26. The number of nitrogens with zero attached hydrogens (tertiary/aromatic N) is 5. The number of hydrogen-bond donors (Lipinski definition) is 1. The monoisotopic (exact) mass is 436 g/mol. The second-order valence-electron chi connectivity index (χ2n) is 8.10. The number of rotatable bonds is 6. The number of amides is 1. The Morgan fingerprint density at radius 2 is 2.03 bits per heavy atom. The molecule has 1 amide bonds. The van der Waals surface area contributed by atoms with Gasteiger partial charge in [-0.25, -0.2) is 9.97 Å². The number of carbonyl (C=O) groups is 1. The molecule has 1 N–H and O–H groups in total. The highest BCUT2D eigenvalue weighted by molar-refractivity contribution is 5.87. The topological polar surface area (TPSA) is 85.6 Å². The summed E-state index contributed by atoms with van der Waals surface area (Å²) < 4.78 is 1.90. The Labute approximate surface area is 192 Å². The molecule has 7 heteroatoms. The van der Waals surface area contributed by atoms with Gasteiger partial charge in [0.05, 0.1) is 17.9 Å². The molecule has 7 nitrogen and oxygen atoms in total. The SMILES string of the molecule is C=CC(=O)NC1CCc2c(nc(-c3ccccc3)nc2-c2ccn(Cc3cccnc3)n2)C1. The van der Waals surface area contributed by atoms with E-state index in [-0.39, 0.29) is 11.9 Å². The summed E-state index contributed by atoms with van der Waals surface area (Å²) >= 11 is 0. The summed E-state index contributed by atoms with van der Waals surface area (Å²) in [7, 11) is 0. The van der Waals surface area contributed by atoms with E-state index in [4.69, 9.17) is 15.1 Å². The zero-order chi connectivity index (χ0) is 22.6. The lowest BCUT2D eigenvalue weighted by molar-refractivity contribution is -0.117. The number of hydrogen-bond acceptors (Lipinski definition) is 5. The summed E-state index contributed by atoms with van der Waals surface area (Å²) in [6.07, 6.45) is 9.14. The Balaban J connectivity index is 1.52. The van der Waals surface area contributed by atoms with Crippen molar-refractivity contribution in [3.05, 3.63) is 96.6 Å². The molecule has 1 aliphatic carbocycles. The second kappa shape index (κ2) is 9.16. The summed E-state index contributed by atoms with van der Waals surface area (Å²) in [6, 6.07) is 15.9. The van der Waals surface area contributed by atoms with E-state index >= 15 is 0 Å². The molecule has 1 atom stereocenters. The maximum absolute atomic E-state index is 11.8. The molecule has 0 aliphatic heterocycles. The zero-order valence-electron chi connectivity index (χ0n) is 18.2. The predicted octanol–water partition coefficient (Wildman–Crippen LogP) is 3.61. The molecule has 0 bridgehead atoms. The summed E-state index contributed by atoms with van der Waals surface area (Å²) in [5.74, 6) is 0.511. The summed E-state index contributed by atoms with van der Waals surface area (Å²) in [6.45, 7) is 4.20. The van der Waals surface area contributed by atoms with E-state index in [1.807, 2.05) is 65.6 Å². The van der Waals surface area contributed by atoms with E-state index < -0.39 is 0 Å². The van der Waals surface area contributed by atoms with E-state index in [9.17, 15) is 4.79 Å². The van der Waals surface area contributed by atoms with Gasteiger partial charge in [-0.05, 0) is 36.6 Å². The summed E-state index contributed by atoms with van der Waals surface area (Å²) in [5.41, 5.74) is 5.78. The molecule has 0 saturated carbocycles. The Bertz CT molecular complexity index is 1280. The first-order valence-electron chi connectivity index (χ1n) is 11.0. The number of carbonyl (C=O) groups excluding carboxylic acids is 1. The van der Waals surface area contributed by atoms with Gasteiger partial charge >= 0.3 is 0 Å². The average molecular weight is 437 g/mol. The molecule has 164 valence electrons. The zero-order valence-corrected chi connectivity index (χ0v) is 18.2. The van der Waals surface area contributed by atoms with Crippen LogP contribution in [-0.2, 0) is 24.2 Å². The van der Waals surface area contributed by atoms with Gasteiger partial charge in [0, 0.05) is 42.2 Å². The van der Waals surface area contributed by atoms with E-state index in [2.05, 4.69) is 16.9 Å². The number of nitrogens with one attached hydrogen (secondary N) is 1. The highest BCUT2D eigenvalue weighted by atomic mass is 16.1. The van der Waals surface area contributed by atoms with Crippen molar-refractivity contribution in [1.29, 1.82) is 0 Å². The van der Waals surface area contributed by atoms with Gasteiger partial charge in [0.15, 0.2) is 5.82 Å². The van der Waals surface area contributed by atoms with Crippen molar-refractivity contribution in [2.75, 3.05) is 0 Å². The molecular weight excluding hydrogens is 412 g/mol.